The molecule has 3 rings (SSSR count). The Labute approximate surface area is 142 Å². The molecular weight excluding hydrogens is 324 g/mol. The van der Waals surface area contributed by atoms with E-state index in [1.54, 1.807) is 19.2 Å². The van der Waals surface area contributed by atoms with Crippen LogP contribution in [0, 0.1) is 10.1 Å². The van der Waals surface area contributed by atoms with Gasteiger partial charge in [0.25, 0.3) is 17.2 Å². The number of amides is 1. The fraction of sp³-hybridized carbons (Fsp3) is 0.0588. The summed E-state index contributed by atoms with van der Waals surface area (Å²) in [7, 11) is 1.65. The molecule has 8 nitrogen and oxygen atoms in total. The van der Waals surface area contributed by atoms with E-state index in [0.717, 1.165) is 0 Å². The molecule has 8 heteroatoms. The standard InChI is InChI=1S/C17H14N4O4/c1-19-15(11-16(22)20(19)13-5-3-2-4-6-13)18-17(23)12-7-9-14(10-8-12)21(24)25/h2-11H,1H3,(H,18,23). The maximum absolute atomic E-state index is 12.3. The van der Waals surface area contributed by atoms with E-state index in [2.05, 4.69) is 5.32 Å². The maximum Gasteiger partial charge on any atom is 0.273 e. The van der Waals surface area contributed by atoms with Crippen molar-refractivity contribution in [2.75, 3.05) is 5.32 Å². The molecule has 0 unspecified atom stereocenters. The minimum Gasteiger partial charge on any atom is -0.307 e. The highest BCUT2D eigenvalue weighted by molar-refractivity contribution is 6.03. The second-order valence-corrected chi connectivity index (χ2v) is 5.30. The molecule has 0 aliphatic heterocycles. The van der Waals surface area contributed by atoms with Gasteiger partial charge in [-0.3, -0.25) is 24.4 Å². The molecule has 2 aromatic carbocycles. The van der Waals surface area contributed by atoms with Gasteiger partial charge in [0, 0.05) is 30.8 Å². The Balaban J connectivity index is 1.87. The van der Waals surface area contributed by atoms with E-state index in [0.29, 0.717) is 11.5 Å². The number of carbonyl (C=O) groups is 1. The lowest BCUT2D eigenvalue weighted by molar-refractivity contribution is -0.384. The average Bonchev–Trinajstić information content (AvgIpc) is 2.89. The first-order valence-corrected chi connectivity index (χ1v) is 7.37. The molecule has 1 aromatic heterocycles. The van der Waals surface area contributed by atoms with E-state index in [-0.39, 0.29) is 16.8 Å². The summed E-state index contributed by atoms with van der Waals surface area (Å²) < 4.78 is 2.95. The molecule has 126 valence electrons. The summed E-state index contributed by atoms with van der Waals surface area (Å²) in [6.45, 7) is 0. The number of para-hydroxylation sites is 1. The zero-order valence-electron chi connectivity index (χ0n) is 13.2. The Morgan fingerprint density at radius 2 is 1.72 bits per heavy atom. The molecule has 0 fully saturated rings. The fourth-order valence-corrected chi connectivity index (χ4v) is 2.44. The normalized spacial score (nSPS) is 10.4. The Kier molecular flexibility index (Phi) is 4.17. The fourth-order valence-electron chi connectivity index (χ4n) is 2.44. The lowest BCUT2D eigenvalue weighted by atomic mass is 10.2. The van der Waals surface area contributed by atoms with E-state index in [9.17, 15) is 19.7 Å². The van der Waals surface area contributed by atoms with Crippen molar-refractivity contribution in [2.45, 2.75) is 0 Å². The van der Waals surface area contributed by atoms with Crippen LogP contribution >= 0.6 is 0 Å². The predicted octanol–water partition coefficient (Wildman–Crippen LogP) is 2.34. The van der Waals surface area contributed by atoms with E-state index >= 15 is 0 Å². The third-order valence-corrected chi connectivity index (χ3v) is 3.70. The number of rotatable bonds is 4. The number of nitrogens with zero attached hydrogens (tertiary/aromatic N) is 3. The van der Waals surface area contributed by atoms with Crippen molar-refractivity contribution in [1.82, 2.24) is 9.36 Å². The van der Waals surface area contributed by atoms with Gasteiger partial charge in [-0.05, 0) is 24.3 Å². The molecule has 0 atom stereocenters. The molecule has 25 heavy (non-hydrogen) atoms. The minimum atomic E-state index is -0.536. The van der Waals surface area contributed by atoms with Gasteiger partial charge in [0.1, 0.15) is 5.82 Å². The Morgan fingerprint density at radius 1 is 1.08 bits per heavy atom. The molecule has 0 aliphatic rings. The lowest BCUT2D eigenvalue weighted by Crippen LogP contribution is -2.20. The summed E-state index contributed by atoms with van der Waals surface area (Å²) in [5.41, 5.74) is 0.545. The van der Waals surface area contributed by atoms with Gasteiger partial charge in [-0.25, -0.2) is 4.68 Å². The number of hydrogen-bond acceptors (Lipinski definition) is 4. The number of anilines is 1. The lowest BCUT2D eigenvalue weighted by Gasteiger charge is -2.10. The number of nitro benzene ring substituents is 1. The van der Waals surface area contributed by atoms with Crippen molar-refractivity contribution in [3.05, 3.63) is 86.7 Å². The van der Waals surface area contributed by atoms with Crippen LogP contribution in [0.25, 0.3) is 5.69 Å². The molecule has 1 heterocycles. The van der Waals surface area contributed by atoms with Crippen molar-refractivity contribution in [1.29, 1.82) is 0 Å². The zero-order chi connectivity index (χ0) is 18.0. The summed E-state index contributed by atoms with van der Waals surface area (Å²) in [4.78, 5) is 34.6. The quantitative estimate of drug-likeness (QED) is 0.583. The van der Waals surface area contributed by atoms with Gasteiger partial charge in [0.15, 0.2) is 0 Å². The minimum absolute atomic E-state index is 0.0980. The zero-order valence-corrected chi connectivity index (χ0v) is 13.2. The van der Waals surface area contributed by atoms with E-state index in [1.165, 1.54) is 39.7 Å². The smallest absolute Gasteiger partial charge is 0.273 e. The highest BCUT2D eigenvalue weighted by atomic mass is 16.6. The number of non-ortho nitro benzene ring substituents is 1. The van der Waals surface area contributed by atoms with Crippen molar-refractivity contribution in [3.63, 3.8) is 0 Å². The maximum atomic E-state index is 12.3. The van der Waals surface area contributed by atoms with Crippen LogP contribution in [0.15, 0.2) is 65.5 Å². The molecule has 3 aromatic rings. The molecule has 0 saturated carbocycles. The molecule has 1 amide bonds. The van der Waals surface area contributed by atoms with Gasteiger partial charge in [-0.15, -0.1) is 0 Å². The van der Waals surface area contributed by atoms with Crippen LogP contribution in [0.4, 0.5) is 11.5 Å². The second-order valence-electron chi connectivity index (χ2n) is 5.30. The summed E-state index contributed by atoms with van der Waals surface area (Å²) >= 11 is 0. The molecule has 0 bridgehead atoms. The van der Waals surface area contributed by atoms with Crippen molar-refractivity contribution < 1.29 is 9.72 Å². The summed E-state index contributed by atoms with van der Waals surface area (Å²) in [6.07, 6.45) is 0. The summed E-state index contributed by atoms with van der Waals surface area (Å²) in [6, 6.07) is 15.6. The highest BCUT2D eigenvalue weighted by Crippen LogP contribution is 2.14. The number of nitro groups is 1. The molecule has 0 aliphatic carbocycles. The number of hydrogen-bond donors (Lipinski definition) is 1. The van der Waals surface area contributed by atoms with E-state index in [1.807, 2.05) is 18.2 Å². The Bertz CT molecular complexity index is 988. The van der Waals surface area contributed by atoms with Crippen LogP contribution in [-0.2, 0) is 7.05 Å². The second kappa shape index (κ2) is 6.44. The van der Waals surface area contributed by atoms with Crippen molar-refractivity contribution in [2.24, 2.45) is 7.05 Å². The monoisotopic (exact) mass is 338 g/mol. The van der Waals surface area contributed by atoms with E-state index in [4.69, 9.17) is 0 Å². The largest absolute Gasteiger partial charge is 0.307 e. The van der Waals surface area contributed by atoms with Crippen LogP contribution in [0.5, 0.6) is 0 Å². The number of aromatic nitrogens is 2. The SMILES string of the molecule is Cn1c(NC(=O)c2ccc([N+](=O)[O-])cc2)cc(=O)n1-c1ccccc1. The van der Waals surface area contributed by atoms with Gasteiger partial charge in [0.05, 0.1) is 10.6 Å². The van der Waals surface area contributed by atoms with Gasteiger partial charge < -0.3 is 5.32 Å². The molecule has 0 saturated heterocycles. The predicted molar refractivity (Wildman–Crippen MR) is 92.1 cm³/mol. The molecule has 0 spiro atoms. The summed E-state index contributed by atoms with van der Waals surface area (Å²) in [5, 5.41) is 13.3. The molecule has 1 N–H and O–H groups in total. The summed E-state index contributed by atoms with van der Waals surface area (Å²) in [5.74, 6) is -0.145. The van der Waals surface area contributed by atoms with Crippen LogP contribution in [0.2, 0.25) is 0 Å². The Hall–Kier alpha value is -3.68. The van der Waals surface area contributed by atoms with Crippen molar-refractivity contribution in [3.8, 4) is 5.69 Å². The first kappa shape index (κ1) is 16.2. The van der Waals surface area contributed by atoms with Crippen LogP contribution in [-0.4, -0.2) is 20.2 Å². The van der Waals surface area contributed by atoms with Gasteiger partial charge in [0.2, 0.25) is 0 Å². The molecule has 0 radical (unpaired) electrons. The van der Waals surface area contributed by atoms with Crippen LogP contribution in [0.1, 0.15) is 10.4 Å². The van der Waals surface area contributed by atoms with Gasteiger partial charge in [-0.2, -0.15) is 0 Å². The number of carbonyl (C=O) groups excluding carboxylic acids is 1. The first-order chi connectivity index (χ1) is 12.0. The first-order valence-electron chi connectivity index (χ1n) is 7.37. The highest BCUT2D eigenvalue weighted by Gasteiger charge is 2.14. The molecular formula is C17H14N4O4. The van der Waals surface area contributed by atoms with E-state index < -0.39 is 10.8 Å². The average molecular weight is 338 g/mol. The third kappa shape index (κ3) is 3.18. The number of benzene rings is 2. The topological polar surface area (TPSA) is 99.2 Å². The third-order valence-electron chi connectivity index (χ3n) is 3.70. The number of nitrogens with one attached hydrogen (secondary N) is 1. The van der Waals surface area contributed by atoms with Gasteiger partial charge >= 0.3 is 0 Å². The Morgan fingerprint density at radius 3 is 2.32 bits per heavy atom. The van der Waals surface area contributed by atoms with Crippen LogP contribution in [0.3, 0.4) is 0 Å². The van der Waals surface area contributed by atoms with Crippen molar-refractivity contribution >= 4 is 17.4 Å². The van der Waals surface area contributed by atoms with Crippen LogP contribution < -0.4 is 10.9 Å². The van der Waals surface area contributed by atoms with Gasteiger partial charge in [-0.1, -0.05) is 18.2 Å².